The second kappa shape index (κ2) is 11.8. The average molecular weight is 592 g/mol. The Bertz CT molecular complexity index is 1790. The molecule has 0 spiro atoms. The van der Waals surface area contributed by atoms with E-state index in [1.54, 1.807) is 42.5 Å². The lowest BCUT2D eigenvalue weighted by Crippen LogP contribution is -2.31. The maximum absolute atomic E-state index is 15.3. The normalized spacial score (nSPS) is 14.5. The number of fused-ring (bicyclic) bond motifs is 1. The van der Waals surface area contributed by atoms with Crippen molar-refractivity contribution in [2.24, 2.45) is 0 Å². The Hall–Kier alpha value is -4.54. The van der Waals surface area contributed by atoms with E-state index in [2.05, 4.69) is 9.97 Å². The minimum atomic E-state index is -1.03. The van der Waals surface area contributed by atoms with Gasteiger partial charge >= 0.3 is 5.97 Å². The minimum absolute atomic E-state index is 0.00543. The summed E-state index contributed by atoms with van der Waals surface area (Å²) in [6, 6.07) is 18.4. The zero-order valence-electron chi connectivity index (χ0n) is 22.1. The first-order chi connectivity index (χ1) is 20.3. The maximum atomic E-state index is 15.3. The molecule has 2 aromatic heterocycles. The molecule has 0 saturated carbocycles. The van der Waals surface area contributed by atoms with Crippen LogP contribution in [-0.2, 0) is 24.3 Å². The predicted molar refractivity (Wildman–Crippen MR) is 150 cm³/mol. The number of carbonyl (C=O) groups is 1. The van der Waals surface area contributed by atoms with E-state index in [9.17, 15) is 14.3 Å². The Labute approximate surface area is 244 Å². The Morgan fingerprint density at radius 3 is 2.64 bits per heavy atom. The number of carboxylic acids is 1. The summed E-state index contributed by atoms with van der Waals surface area (Å²) in [5.74, 6) is -0.999. The molecule has 3 heterocycles. The quantitative estimate of drug-likeness (QED) is 0.190. The Kier molecular flexibility index (Phi) is 7.73. The number of aromatic carboxylic acids is 1. The number of hydrogen-bond donors (Lipinski definition) is 1. The highest BCUT2D eigenvalue weighted by Crippen LogP contribution is 2.28. The smallest absolute Gasteiger partial charge is 0.335 e. The number of carboxylic acid groups (broad SMARTS) is 1. The first kappa shape index (κ1) is 27.6. The highest BCUT2D eigenvalue weighted by Gasteiger charge is 2.23. The summed E-state index contributed by atoms with van der Waals surface area (Å²) in [4.78, 5) is 20.6. The van der Waals surface area contributed by atoms with Crippen molar-refractivity contribution < 1.29 is 32.9 Å². The predicted octanol–water partition coefficient (Wildman–Crippen LogP) is 6.81. The molecular weight excluding hydrogens is 568 g/mol. The number of halogens is 3. The van der Waals surface area contributed by atoms with Gasteiger partial charge < -0.3 is 23.9 Å². The van der Waals surface area contributed by atoms with E-state index in [-0.39, 0.29) is 47.1 Å². The number of aromatic nitrogens is 3. The number of benzene rings is 3. The Morgan fingerprint density at radius 2 is 1.90 bits per heavy atom. The van der Waals surface area contributed by atoms with E-state index in [1.807, 2.05) is 4.57 Å². The average Bonchev–Trinajstić information content (AvgIpc) is 3.28. The minimum Gasteiger partial charge on any atom is -0.484 e. The number of hydrogen-bond acceptors (Lipinski definition) is 6. The van der Waals surface area contributed by atoms with Gasteiger partial charge in [-0.05, 0) is 60.5 Å². The van der Waals surface area contributed by atoms with Gasteiger partial charge in [0.1, 0.15) is 24.0 Å². The zero-order chi connectivity index (χ0) is 29.2. The molecule has 1 aliphatic heterocycles. The van der Waals surface area contributed by atoms with Crippen molar-refractivity contribution >= 4 is 28.6 Å². The van der Waals surface area contributed by atoms with Crippen molar-refractivity contribution in [1.29, 1.82) is 0 Å². The van der Waals surface area contributed by atoms with Crippen LogP contribution in [0.25, 0.3) is 11.0 Å². The number of ether oxygens (including phenoxy) is 3. The molecule has 1 unspecified atom stereocenters. The van der Waals surface area contributed by atoms with Crippen LogP contribution in [0.3, 0.4) is 0 Å². The van der Waals surface area contributed by atoms with Crippen LogP contribution in [0, 0.1) is 11.6 Å². The van der Waals surface area contributed by atoms with Gasteiger partial charge in [-0.1, -0.05) is 23.7 Å². The lowest BCUT2D eigenvalue weighted by atomic mass is 10.1. The molecule has 0 bridgehead atoms. The highest BCUT2D eigenvalue weighted by molar-refractivity contribution is 6.30. The van der Waals surface area contributed by atoms with Crippen molar-refractivity contribution in [3.8, 4) is 17.4 Å². The van der Waals surface area contributed by atoms with Crippen LogP contribution in [0.15, 0.2) is 72.8 Å². The molecule has 11 heteroatoms. The maximum Gasteiger partial charge on any atom is 0.335 e. The van der Waals surface area contributed by atoms with Gasteiger partial charge in [-0.25, -0.2) is 23.5 Å². The fourth-order valence-corrected chi connectivity index (χ4v) is 4.80. The van der Waals surface area contributed by atoms with Gasteiger partial charge in [-0.2, -0.15) is 0 Å². The van der Waals surface area contributed by atoms with E-state index in [1.165, 1.54) is 24.3 Å². The summed E-state index contributed by atoms with van der Waals surface area (Å²) < 4.78 is 48.1. The lowest BCUT2D eigenvalue weighted by molar-refractivity contribution is -0.0589. The van der Waals surface area contributed by atoms with E-state index >= 15 is 4.39 Å². The molecule has 0 radical (unpaired) electrons. The molecule has 6 rings (SSSR count). The first-order valence-corrected chi connectivity index (χ1v) is 13.5. The van der Waals surface area contributed by atoms with Crippen LogP contribution in [-0.4, -0.2) is 38.3 Å². The molecule has 1 fully saturated rings. The molecule has 0 amide bonds. The third-order valence-electron chi connectivity index (χ3n) is 6.90. The fraction of sp³-hybridized carbons (Fsp3) is 0.194. The van der Waals surface area contributed by atoms with Crippen molar-refractivity contribution in [2.75, 3.05) is 6.61 Å². The van der Waals surface area contributed by atoms with E-state index < -0.39 is 17.6 Å². The topological polar surface area (TPSA) is 95.7 Å². The molecule has 1 atom stereocenters. The molecule has 214 valence electrons. The summed E-state index contributed by atoms with van der Waals surface area (Å²) >= 11 is 5.78. The van der Waals surface area contributed by atoms with Crippen molar-refractivity contribution in [1.82, 2.24) is 14.5 Å². The largest absolute Gasteiger partial charge is 0.484 e. The second-order valence-electron chi connectivity index (χ2n) is 9.79. The molecule has 1 N–H and O–H groups in total. The summed E-state index contributed by atoms with van der Waals surface area (Å²) in [6.45, 7) is 1.16. The SMILES string of the molecule is O=C(O)c1ccc2nc(Cc3ccc(Oc4cccc(COc5ccc(Cl)cc5F)n4)cc3F)n(CC3CCO3)c2c1. The summed E-state index contributed by atoms with van der Waals surface area (Å²) in [5.41, 5.74) is 2.32. The Balaban J connectivity index is 1.18. The lowest BCUT2D eigenvalue weighted by Gasteiger charge is -2.27. The van der Waals surface area contributed by atoms with E-state index in [0.29, 0.717) is 41.3 Å². The van der Waals surface area contributed by atoms with E-state index in [4.69, 9.17) is 25.8 Å². The number of rotatable bonds is 10. The van der Waals surface area contributed by atoms with Crippen LogP contribution in [0.2, 0.25) is 5.02 Å². The first-order valence-electron chi connectivity index (χ1n) is 13.2. The number of imidazole rings is 1. The Morgan fingerprint density at radius 1 is 1.05 bits per heavy atom. The van der Waals surface area contributed by atoms with Crippen LogP contribution in [0.1, 0.15) is 33.9 Å². The van der Waals surface area contributed by atoms with Gasteiger partial charge in [0.25, 0.3) is 0 Å². The number of nitrogens with zero attached hydrogens (tertiary/aromatic N) is 3. The molecule has 8 nitrogen and oxygen atoms in total. The van der Waals surface area contributed by atoms with Gasteiger partial charge in [0.15, 0.2) is 11.6 Å². The van der Waals surface area contributed by atoms with Crippen molar-refractivity contribution in [3.63, 3.8) is 0 Å². The van der Waals surface area contributed by atoms with Gasteiger partial charge in [-0.15, -0.1) is 0 Å². The third kappa shape index (κ3) is 6.05. The summed E-state index contributed by atoms with van der Waals surface area (Å²) in [6.07, 6.45) is 1.06. The van der Waals surface area contributed by atoms with Gasteiger partial charge in [0.2, 0.25) is 5.88 Å². The molecule has 42 heavy (non-hydrogen) atoms. The molecular formula is C31H24ClF2N3O5. The second-order valence-corrected chi connectivity index (χ2v) is 10.2. The van der Waals surface area contributed by atoms with Crippen LogP contribution >= 0.6 is 11.6 Å². The monoisotopic (exact) mass is 591 g/mol. The van der Waals surface area contributed by atoms with Gasteiger partial charge in [0.05, 0.1) is 34.9 Å². The fourth-order valence-electron chi connectivity index (χ4n) is 4.64. The molecule has 0 aliphatic carbocycles. The van der Waals surface area contributed by atoms with Crippen molar-refractivity contribution in [2.45, 2.75) is 32.1 Å². The van der Waals surface area contributed by atoms with Crippen LogP contribution in [0.4, 0.5) is 8.78 Å². The molecule has 5 aromatic rings. The highest BCUT2D eigenvalue weighted by atomic mass is 35.5. The van der Waals surface area contributed by atoms with Crippen LogP contribution < -0.4 is 9.47 Å². The standard InChI is InChI=1S/C31H24ClF2N3O5/c32-20-6-9-28(25(34)14-20)41-17-21-2-1-3-30(35-21)42-22-7-4-18(24(33)15-22)13-29-36-26-8-5-19(31(38)39)12-27(26)37(29)16-23-10-11-40-23/h1-9,12,14-15,23H,10-11,13,16-17H2,(H,38,39). The van der Waals surface area contributed by atoms with Crippen molar-refractivity contribution in [3.05, 3.63) is 112 Å². The number of pyridine rings is 1. The molecule has 1 saturated heterocycles. The molecule has 3 aromatic carbocycles. The molecule has 1 aliphatic rings. The van der Waals surface area contributed by atoms with E-state index in [0.717, 1.165) is 12.5 Å². The summed E-state index contributed by atoms with van der Waals surface area (Å²) in [5, 5.41) is 9.71. The van der Waals surface area contributed by atoms with Crippen LogP contribution in [0.5, 0.6) is 17.4 Å². The third-order valence-corrected chi connectivity index (χ3v) is 7.14. The summed E-state index contributed by atoms with van der Waals surface area (Å²) in [7, 11) is 0. The van der Waals surface area contributed by atoms with Gasteiger partial charge in [0, 0.05) is 30.2 Å². The van der Waals surface area contributed by atoms with Gasteiger partial charge in [-0.3, -0.25) is 0 Å². The zero-order valence-corrected chi connectivity index (χ0v) is 22.9.